The van der Waals surface area contributed by atoms with Crippen LogP contribution < -0.4 is 5.32 Å². The fourth-order valence-electron chi connectivity index (χ4n) is 2.49. The van der Waals surface area contributed by atoms with Crippen LogP contribution in [0.2, 0.25) is 0 Å². The molecule has 1 aliphatic rings. The second kappa shape index (κ2) is 6.06. The summed E-state index contributed by atoms with van der Waals surface area (Å²) in [5, 5.41) is 3.16. The number of ether oxygens (including phenoxy) is 1. The zero-order valence-electron chi connectivity index (χ0n) is 11.5. The lowest BCUT2D eigenvalue weighted by atomic mass is 9.96. The van der Waals surface area contributed by atoms with Crippen LogP contribution in [-0.4, -0.2) is 12.0 Å². The summed E-state index contributed by atoms with van der Waals surface area (Å²) in [6.45, 7) is 0.612. The van der Waals surface area contributed by atoms with Crippen LogP contribution in [0.15, 0.2) is 48.5 Å². The summed E-state index contributed by atoms with van der Waals surface area (Å²) in [4.78, 5) is 12.1. The third kappa shape index (κ3) is 3.11. The monoisotopic (exact) mass is 285 g/mol. The second-order valence-electron chi connectivity index (χ2n) is 5.11. The van der Waals surface area contributed by atoms with Crippen molar-refractivity contribution in [1.29, 1.82) is 0 Å². The van der Waals surface area contributed by atoms with Crippen molar-refractivity contribution in [1.82, 2.24) is 5.32 Å². The van der Waals surface area contributed by atoms with E-state index in [9.17, 15) is 9.18 Å². The van der Waals surface area contributed by atoms with E-state index in [1.165, 1.54) is 11.6 Å². The third-order valence-electron chi connectivity index (χ3n) is 3.69. The van der Waals surface area contributed by atoms with Crippen LogP contribution >= 0.6 is 0 Å². The molecule has 0 saturated carbocycles. The van der Waals surface area contributed by atoms with Gasteiger partial charge in [0.05, 0.1) is 0 Å². The summed E-state index contributed by atoms with van der Waals surface area (Å²) in [7, 11) is 0. The Kier molecular flexibility index (Phi) is 3.97. The number of carbonyl (C=O) groups is 1. The highest BCUT2D eigenvalue weighted by Crippen LogP contribution is 2.17. The van der Waals surface area contributed by atoms with Gasteiger partial charge in [0.2, 0.25) is 0 Å². The van der Waals surface area contributed by atoms with Gasteiger partial charge in [0.25, 0.3) is 0 Å². The molecule has 0 radical (unpaired) electrons. The van der Waals surface area contributed by atoms with Crippen LogP contribution in [0, 0.1) is 5.82 Å². The minimum absolute atomic E-state index is 0.0364. The fourth-order valence-corrected chi connectivity index (χ4v) is 2.49. The third-order valence-corrected chi connectivity index (χ3v) is 3.69. The minimum Gasteiger partial charge on any atom is -0.460 e. The summed E-state index contributed by atoms with van der Waals surface area (Å²) in [6, 6.07) is 14.0. The quantitative estimate of drug-likeness (QED) is 0.881. The van der Waals surface area contributed by atoms with Crippen molar-refractivity contribution in [2.24, 2.45) is 0 Å². The van der Waals surface area contributed by atoms with E-state index in [-0.39, 0.29) is 24.4 Å². The summed E-state index contributed by atoms with van der Waals surface area (Å²) < 4.78 is 18.7. The molecule has 1 atom stereocenters. The van der Waals surface area contributed by atoms with Crippen molar-refractivity contribution < 1.29 is 13.9 Å². The van der Waals surface area contributed by atoms with Gasteiger partial charge in [0.1, 0.15) is 18.5 Å². The molecule has 3 rings (SSSR count). The van der Waals surface area contributed by atoms with Crippen molar-refractivity contribution in [2.45, 2.75) is 25.6 Å². The second-order valence-corrected chi connectivity index (χ2v) is 5.11. The van der Waals surface area contributed by atoms with Gasteiger partial charge in [0.15, 0.2) is 0 Å². The van der Waals surface area contributed by atoms with E-state index in [0.717, 1.165) is 5.56 Å². The SMILES string of the molecule is O=C(OCc1ccccc1F)[C@@H]1Cc2ccccc2CN1. The van der Waals surface area contributed by atoms with Gasteiger partial charge in [0, 0.05) is 12.1 Å². The van der Waals surface area contributed by atoms with Crippen LogP contribution in [0.5, 0.6) is 0 Å². The molecule has 1 heterocycles. The van der Waals surface area contributed by atoms with Crippen molar-refractivity contribution in [2.75, 3.05) is 0 Å². The molecular weight excluding hydrogens is 269 g/mol. The van der Waals surface area contributed by atoms with E-state index in [4.69, 9.17) is 4.74 Å². The number of nitrogens with one attached hydrogen (secondary N) is 1. The van der Waals surface area contributed by atoms with E-state index in [2.05, 4.69) is 5.32 Å². The summed E-state index contributed by atoms with van der Waals surface area (Å²) in [5.74, 6) is -0.694. The van der Waals surface area contributed by atoms with E-state index < -0.39 is 0 Å². The normalized spacial score (nSPS) is 17.1. The Morgan fingerprint density at radius 1 is 1.14 bits per heavy atom. The lowest BCUT2D eigenvalue weighted by Gasteiger charge is -2.24. The standard InChI is InChI=1S/C17H16FNO2/c18-15-8-4-3-7-14(15)11-21-17(20)16-9-12-5-1-2-6-13(12)10-19-16/h1-8,16,19H,9-11H2/t16-/m0/s1. The predicted molar refractivity (Wildman–Crippen MR) is 77.0 cm³/mol. The zero-order chi connectivity index (χ0) is 14.7. The average molecular weight is 285 g/mol. The van der Waals surface area contributed by atoms with Gasteiger partial charge in [-0.1, -0.05) is 42.5 Å². The lowest BCUT2D eigenvalue weighted by molar-refractivity contribution is -0.147. The zero-order valence-corrected chi connectivity index (χ0v) is 11.5. The first-order valence-corrected chi connectivity index (χ1v) is 6.94. The van der Waals surface area contributed by atoms with Gasteiger partial charge in [-0.25, -0.2) is 4.39 Å². The van der Waals surface area contributed by atoms with Gasteiger partial charge in [-0.2, -0.15) is 0 Å². The number of fused-ring (bicyclic) bond motifs is 1. The van der Waals surface area contributed by atoms with Gasteiger partial charge in [-0.3, -0.25) is 4.79 Å². The fraction of sp³-hybridized carbons (Fsp3) is 0.235. The highest BCUT2D eigenvalue weighted by Gasteiger charge is 2.25. The average Bonchev–Trinajstić information content (AvgIpc) is 2.53. The Morgan fingerprint density at radius 2 is 1.86 bits per heavy atom. The Hall–Kier alpha value is -2.20. The van der Waals surface area contributed by atoms with Crippen LogP contribution in [0.25, 0.3) is 0 Å². The lowest BCUT2D eigenvalue weighted by Crippen LogP contribution is -2.42. The molecule has 0 amide bonds. The molecule has 4 heteroatoms. The molecule has 21 heavy (non-hydrogen) atoms. The first kappa shape index (κ1) is 13.8. The molecule has 108 valence electrons. The molecule has 0 aliphatic carbocycles. The maximum atomic E-state index is 13.5. The predicted octanol–water partition coefficient (Wildman–Crippen LogP) is 2.58. The van der Waals surface area contributed by atoms with Gasteiger partial charge < -0.3 is 10.1 Å². The number of hydrogen-bond acceptors (Lipinski definition) is 3. The van der Waals surface area contributed by atoms with Crippen LogP contribution in [0.4, 0.5) is 4.39 Å². The molecule has 3 nitrogen and oxygen atoms in total. The molecule has 0 bridgehead atoms. The molecule has 0 unspecified atom stereocenters. The molecule has 2 aromatic carbocycles. The molecule has 1 aliphatic heterocycles. The molecule has 0 fully saturated rings. The number of rotatable bonds is 3. The van der Waals surface area contributed by atoms with Crippen molar-refractivity contribution in [3.8, 4) is 0 Å². The number of hydrogen-bond donors (Lipinski definition) is 1. The number of esters is 1. The molecular formula is C17H16FNO2. The molecule has 1 N–H and O–H groups in total. The van der Waals surface area contributed by atoms with E-state index in [0.29, 0.717) is 18.5 Å². The molecule has 0 aromatic heterocycles. The number of benzene rings is 2. The maximum Gasteiger partial charge on any atom is 0.323 e. The van der Waals surface area contributed by atoms with Crippen LogP contribution in [0.1, 0.15) is 16.7 Å². The van der Waals surface area contributed by atoms with E-state index in [1.807, 2.05) is 24.3 Å². The molecule has 0 spiro atoms. The summed E-state index contributed by atoms with van der Waals surface area (Å²) >= 11 is 0. The van der Waals surface area contributed by atoms with E-state index in [1.54, 1.807) is 18.2 Å². The summed E-state index contributed by atoms with van der Waals surface area (Å²) in [5.41, 5.74) is 2.75. The highest BCUT2D eigenvalue weighted by molar-refractivity contribution is 5.76. The summed E-state index contributed by atoms with van der Waals surface area (Å²) in [6.07, 6.45) is 0.603. The Morgan fingerprint density at radius 3 is 2.67 bits per heavy atom. The largest absolute Gasteiger partial charge is 0.460 e. The first-order chi connectivity index (χ1) is 10.2. The highest BCUT2D eigenvalue weighted by atomic mass is 19.1. The van der Waals surface area contributed by atoms with Crippen molar-refractivity contribution in [3.05, 3.63) is 71.0 Å². The first-order valence-electron chi connectivity index (χ1n) is 6.94. The van der Waals surface area contributed by atoms with E-state index >= 15 is 0 Å². The van der Waals surface area contributed by atoms with Crippen molar-refractivity contribution in [3.63, 3.8) is 0 Å². The minimum atomic E-state index is -0.369. The molecule has 2 aromatic rings. The van der Waals surface area contributed by atoms with Crippen LogP contribution in [0.3, 0.4) is 0 Å². The smallest absolute Gasteiger partial charge is 0.323 e. The Labute approximate surface area is 122 Å². The van der Waals surface area contributed by atoms with Gasteiger partial charge >= 0.3 is 5.97 Å². The van der Waals surface area contributed by atoms with Crippen LogP contribution in [-0.2, 0) is 29.1 Å². The van der Waals surface area contributed by atoms with Crippen molar-refractivity contribution >= 4 is 5.97 Å². The van der Waals surface area contributed by atoms with Gasteiger partial charge in [-0.05, 0) is 23.6 Å². The topological polar surface area (TPSA) is 38.3 Å². The Bertz CT molecular complexity index is 657. The number of halogens is 1. The van der Waals surface area contributed by atoms with Gasteiger partial charge in [-0.15, -0.1) is 0 Å². The Balaban J connectivity index is 1.61. The molecule has 0 saturated heterocycles. The maximum absolute atomic E-state index is 13.5. The number of carbonyl (C=O) groups excluding carboxylic acids is 1.